The largest absolute Gasteiger partial charge is 1.00 e. The second-order valence-electron chi connectivity index (χ2n) is 7.87. The molecule has 0 atom stereocenters. The van der Waals surface area contributed by atoms with E-state index in [0.717, 1.165) is 0 Å². The Hall–Kier alpha value is -4.10. The Bertz CT molecular complexity index is 1300. The first-order valence-electron chi connectivity index (χ1n) is 12.1. The van der Waals surface area contributed by atoms with Crippen molar-refractivity contribution in [2.75, 3.05) is 0 Å². The van der Waals surface area contributed by atoms with Gasteiger partial charge in [-0.2, -0.15) is 5.26 Å². The molecule has 0 bridgehead atoms. The summed E-state index contributed by atoms with van der Waals surface area (Å²) in [4.78, 5) is 0. The molecule has 3 aromatic heterocycles. The van der Waals surface area contributed by atoms with Gasteiger partial charge in [-0.05, 0) is 60.6 Å². The molecular weight excluding hydrogens is 589 g/mol. The van der Waals surface area contributed by atoms with E-state index in [-0.39, 0.29) is 26.6 Å². The molecule has 0 saturated heterocycles. The molecule has 0 aliphatic heterocycles. The van der Waals surface area contributed by atoms with Crippen LogP contribution in [0.4, 0.5) is 0 Å². The molecule has 0 spiro atoms. The van der Waals surface area contributed by atoms with Crippen molar-refractivity contribution in [3.8, 4) is 6.07 Å². The van der Waals surface area contributed by atoms with Gasteiger partial charge in [-0.1, -0.05) is 91.0 Å². The van der Waals surface area contributed by atoms with Crippen LogP contribution in [0.3, 0.4) is 0 Å². The summed E-state index contributed by atoms with van der Waals surface area (Å²) in [6, 6.07) is 39.7. The smallest absolute Gasteiger partial charge is 0.425 e. The fourth-order valence-electron chi connectivity index (χ4n) is 3.79. The van der Waals surface area contributed by atoms with Gasteiger partial charge in [0.15, 0.2) is 0 Å². The maximum Gasteiger partial charge on any atom is 1.00 e. The zero-order chi connectivity index (χ0) is 26.4. The van der Waals surface area contributed by atoms with Crippen LogP contribution in [-0.4, -0.2) is 36.2 Å². The number of nitrogens with zero attached hydrogens (tertiary/aromatic N) is 7. The van der Waals surface area contributed by atoms with E-state index in [4.69, 9.17) is 5.26 Å². The third kappa shape index (κ3) is 8.19. The quantitative estimate of drug-likeness (QED) is 0.208. The molecular formula is C29H27BN7PRu. The number of hydrogen-bond donors (Lipinski definition) is 0. The summed E-state index contributed by atoms with van der Waals surface area (Å²) in [7, 11) is -0.640. The van der Waals surface area contributed by atoms with Crippen molar-refractivity contribution in [3.05, 3.63) is 146 Å². The summed E-state index contributed by atoms with van der Waals surface area (Å²) < 4.78 is 5.38. The van der Waals surface area contributed by atoms with Crippen molar-refractivity contribution in [1.82, 2.24) is 29.1 Å². The number of nitriles is 1. The van der Waals surface area contributed by atoms with Crippen molar-refractivity contribution in [3.63, 3.8) is 0 Å². The fraction of sp³-hybridized carbons (Fsp3) is 0.0345. The molecule has 0 saturated carbocycles. The number of rotatable bonds is 6. The molecule has 194 valence electrons. The molecule has 3 aromatic carbocycles. The van der Waals surface area contributed by atoms with Gasteiger partial charge < -0.3 is 13.8 Å². The van der Waals surface area contributed by atoms with Crippen LogP contribution in [0.5, 0.6) is 0 Å². The maximum absolute atomic E-state index is 7.32. The molecule has 2 radical (unpaired) electrons. The molecule has 0 N–H and O–H groups in total. The van der Waals surface area contributed by atoms with E-state index in [1.54, 1.807) is 38.4 Å². The van der Waals surface area contributed by atoms with Gasteiger partial charge in [-0.25, -0.2) is 15.3 Å². The van der Waals surface area contributed by atoms with Gasteiger partial charge in [-0.15, -0.1) is 0 Å². The second-order valence-corrected chi connectivity index (χ2v) is 10.1. The van der Waals surface area contributed by atoms with E-state index in [1.807, 2.05) is 36.8 Å². The SMILES string of the molecule is CC#N.[Ru+].c1ccc(P(c2ccccc2)c2ccccc2)cc1.c1cnn([B-](n2cccn2)n2cccn2)c1. The van der Waals surface area contributed by atoms with Crippen molar-refractivity contribution in [2.45, 2.75) is 6.92 Å². The van der Waals surface area contributed by atoms with Crippen LogP contribution in [0.15, 0.2) is 146 Å². The van der Waals surface area contributed by atoms with Crippen LogP contribution in [-0.2, 0) is 19.5 Å². The number of benzene rings is 3. The topological polar surface area (TPSA) is 77.2 Å². The minimum Gasteiger partial charge on any atom is -0.425 e. The van der Waals surface area contributed by atoms with Gasteiger partial charge in [0.25, 0.3) is 7.12 Å². The Labute approximate surface area is 243 Å². The van der Waals surface area contributed by atoms with E-state index in [1.165, 1.54) is 22.8 Å². The standard InChI is InChI=1S/C18H15P.C9H9BN6.C2H3N.Ru/c1-4-10-16(11-5-1)19(17-12-6-2-7-13-17)18-14-8-3-9-15-18;1-4-11-14(7-1)10(15-8-2-5-12-15)16-9-3-6-13-16;1-2-3;/h1-15H;1-9H;1H3;/q;-1;;+1. The van der Waals surface area contributed by atoms with Gasteiger partial charge in [-0.3, -0.25) is 0 Å². The third-order valence-corrected chi connectivity index (χ3v) is 7.77. The van der Waals surface area contributed by atoms with E-state index in [2.05, 4.69) is 106 Å². The van der Waals surface area contributed by atoms with Crippen molar-refractivity contribution >= 4 is 31.0 Å². The Kier molecular flexibility index (Phi) is 12.1. The van der Waals surface area contributed by atoms with Crippen molar-refractivity contribution in [1.29, 1.82) is 5.26 Å². The zero-order valence-corrected chi connectivity index (χ0v) is 24.0. The first-order valence-corrected chi connectivity index (χ1v) is 13.4. The number of hydrogen-bond acceptors (Lipinski definition) is 4. The molecule has 0 aliphatic rings. The molecule has 0 fully saturated rings. The fourth-order valence-corrected chi connectivity index (χ4v) is 6.10. The first-order chi connectivity index (χ1) is 18.8. The molecule has 39 heavy (non-hydrogen) atoms. The average Bonchev–Trinajstić information content (AvgIpc) is 3.78. The van der Waals surface area contributed by atoms with Crippen LogP contribution in [0.25, 0.3) is 0 Å². The van der Waals surface area contributed by atoms with Crippen LogP contribution in [0, 0.1) is 11.3 Å². The molecule has 7 nitrogen and oxygen atoms in total. The Balaban J connectivity index is 0.000000194. The van der Waals surface area contributed by atoms with E-state index < -0.39 is 7.92 Å². The van der Waals surface area contributed by atoms with Gasteiger partial charge in [0.1, 0.15) is 0 Å². The van der Waals surface area contributed by atoms with Crippen LogP contribution in [0.2, 0.25) is 0 Å². The first kappa shape index (κ1) is 29.5. The Morgan fingerprint density at radius 2 is 0.846 bits per heavy atom. The van der Waals surface area contributed by atoms with Crippen LogP contribution in [0.1, 0.15) is 6.92 Å². The average molecular weight is 616 g/mol. The molecule has 0 unspecified atom stereocenters. The van der Waals surface area contributed by atoms with Gasteiger partial charge >= 0.3 is 19.5 Å². The normalized spacial score (nSPS) is 9.90. The maximum atomic E-state index is 7.32. The Morgan fingerprint density at radius 3 is 1.08 bits per heavy atom. The minimum atomic E-state index is -0.446. The van der Waals surface area contributed by atoms with Crippen LogP contribution < -0.4 is 15.9 Å². The molecule has 0 aliphatic carbocycles. The van der Waals surface area contributed by atoms with Gasteiger partial charge in [0.2, 0.25) is 0 Å². The predicted molar refractivity (Wildman–Crippen MR) is 155 cm³/mol. The minimum absolute atomic E-state index is 0. The van der Waals surface area contributed by atoms with E-state index in [0.29, 0.717) is 0 Å². The van der Waals surface area contributed by atoms with Gasteiger partial charge in [0.05, 0.1) is 6.07 Å². The molecule has 6 rings (SSSR count). The molecule has 6 aromatic rings. The summed E-state index contributed by atoms with van der Waals surface area (Å²) in [5.41, 5.74) is 0. The van der Waals surface area contributed by atoms with E-state index in [9.17, 15) is 0 Å². The van der Waals surface area contributed by atoms with Crippen molar-refractivity contribution in [2.24, 2.45) is 0 Å². The Morgan fingerprint density at radius 1 is 0.564 bits per heavy atom. The summed E-state index contributed by atoms with van der Waals surface area (Å²) >= 11 is 0. The summed E-state index contributed by atoms with van der Waals surface area (Å²) in [6.07, 6.45) is 10.9. The summed E-state index contributed by atoms with van der Waals surface area (Å²) in [5, 5.41) is 24.2. The predicted octanol–water partition coefficient (Wildman–Crippen LogP) is 4.18. The molecule has 10 heteroatoms. The third-order valence-electron chi connectivity index (χ3n) is 5.33. The van der Waals surface area contributed by atoms with Crippen LogP contribution >= 0.6 is 7.92 Å². The van der Waals surface area contributed by atoms with Gasteiger partial charge in [0, 0.05) is 25.5 Å². The molecule has 3 heterocycles. The summed E-state index contributed by atoms with van der Waals surface area (Å²) in [5.74, 6) is 0. The zero-order valence-electron chi connectivity index (χ0n) is 21.4. The second kappa shape index (κ2) is 16.0. The monoisotopic (exact) mass is 617 g/mol. The summed E-state index contributed by atoms with van der Waals surface area (Å²) in [6.45, 7) is 1.43. The number of aromatic nitrogens is 6. The molecule has 0 amide bonds. The van der Waals surface area contributed by atoms with Crippen molar-refractivity contribution < 1.29 is 19.5 Å². The van der Waals surface area contributed by atoms with E-state index >= 15 is 0 Å².